The molecule has 3 rings (SSSR count). The molecule has 6 nitrogen and oxygen atoms in total. The molecule has 0 aromatic carbocycles. The smallest absolute Gasteiger partial charge is 0.241 e. The van der Waals surface area contributed by atoms with Crippen LogP contribution in [0, 0.1) is 0 Å². The van der Waals surface area contributed by atoms with E-state index in [4.69, 9.17) is 4.74 Å². The Labute approximate surface area is 125 Å². The van der Waals surface area contributed by atoms with Crippen LogP contribution in [0.15, 0.2) is 12.4 Å². The summed E-state index contributed by atoms with van der Waals surface area (Å²) in [5.74, 6) is 0.0456. The van der Waals surface area contributed by atoms with Gasteiger partial charge in [-0.1, -0.05) is 6.92 Å². The molecule has 1 saturated heterocycles. The number of carbonyl (C=O) groups excluding carboxylic acids is 1. The molecule has 116 valence electrons. The second kappa shape index (κ2) is 6.47. The summed E-state index contributed by atoms with van der Waals surface area (Å²) in [6, 6.07) is 0.834. The first kappa shape index (κ1) is 14.4. The molecule has 21 heavy (non-hydrogen) atoms. The molecule has 2 heterocycles. The van der Waals surface area contributed by atoms with Crippen LogP contribution in [-0.4, -0.2) is 40.5 Å². The molecule has 0 radical (unpaired) electrons. The van der Waals surface area contributed by atoms with Crippen LogP contribution < -0.4 is 10.6 Å². The van der Waals surface area contributed by atoms with Crippen LogP contribution in [-0.2, 0) is 16.1 Å². The molecule has 1 amide bonds. The normalized spacial score (nSPS) is 25.6. The van der Waals surface area contributed by atoms with Crippen LogP contribution in [0.25, 0.3) is 0 Å². The highest BCUT2D eigenvalue weighted by molar-refractivity contribution is 5.76. The molecule has 2 aliphatic rings. The minimum atomic E-state index is 0.0456. The van der Waals surface area contributed by atoms with Gasteiger partial charge in [-0.25, -0.2) is 0 Å². The number of rotatable bonds is 6. The maximum Gasteiger partial charge on any atom is 0.241 e. The molecule has 1 aromatic heterocycles. The second-order valence-electron chi connectivity index (χ2n) is 6.04. The van der Waals surface area contributed by atoms with Crippen molar-refractivity contribution in [1.29, 1.82) is 0 Å². The Hall–Kier alpha value is -1.56. The van der Waals surface area contributed by atoms with E-state index in [1.165, 1.54) is 0 Å². The summed E-state index contributed by atoms with van der Waals surface area (Å²) in [7, 11) is 0. The molecule has 2 fully saturated rings. The van der Waals surface area contributed by atoms with Gasteiger partial charge < -0.3 is 15.4 Å². The third-order valence-electron chi connectivity index (χ3n) is 4.07. The van der Waals surface area contributed by atoms with Gasteiger partial charge in [0, 0.05) is 24.9 Å². The quantitative estimate of drug-likeness (QED) is 0.834. The summed E-state index contributed by atoms with van der Waals surface area (Å²) >= 11 is 0. The van der Waals surface area contributed by atoms with Crippen LogP contribution in [0.5, 0.6) is 0 Å². The van der Waals surface area contributed by atoms with Crippen LogP contribution in [0.4, 0.5) is 5.69 Å². The van der Waals surface area contributed by atoms with E-state index in [-0.39, 0.29) is 5.91 Å². The van der Waals surface area contributed by atoms with Gasteiger partial charge in [0.05, 0.1) is 18.0 Å². The molecule has 1 saturated carbocycles. The first-order valence-corrected chi connectivity index (χ1v) is 7.93. The van der Waals surface area contributed by atoms with Gasteiger partial charge in [-0.15, -0.1) is 0 Å². The number of amides is 1. The molecule has 2 N–H and O–H groups in total. The number of carbonyl (C=O) groups is 1. The number of anilines is 1. The molecule has 2 unspecified atom stereocenters. The summed E-state index contributed by atoms with van der Waals surface area (Å²) in [6.45, 7) is 3.27. The van der Waals surface area contributed by atoms with Crippen LogP contribution >= 0.6 is 0 Å². The highest BCUT2D eigenvalue weighted by atomic mass is 16.5. The first-order valence-electron chi connectivity index (χ1n) is 7.93. The first-order chi connectivity index (χ1) is 10.2. The van der Waals surface area contributed by atoms with Crippen molar-refractivity contribution in [2.45, 2.75) is 63.8 Å². The van der Waals surface area contributed by atoms with Gasteiger partial charge in [-0.2, -0.15) is 5.10 Å². The van der Waals surface area contributed by atoms with Gasteiger partial charge in [0.25, 0.3) is 0 Å². The molecular weight excluding hydrogens is 268 g/mol. The number of ether oxygens (including phenoxy) is 1. The predicted octanol–water partition coefficient (Wildman–Crippen LogP) is 1.53. The standard InChI is InChI=1S/C15H24N4O2/c1-2-14-7-12(5-6-21-14)17-13-8-16-19(9-13)10-15(20)18-11-3-4-11/h8-9,11-12,14,17H,2-7,10H2,1H3,(H,18,20). The van der Waals surface area contributed by atoms with E-state index in [0.29, 0.717) is 24.7 Å². The topological polar surface area (TPSA) is 68.2 Å². The lowest BCUT2D eigenvalue weighted by Crippen LogP contribution is -2.33. The summed E-state index contributed by atoms with van der Waals surface area (Å²) in [6.07, 6.45) is 9.38. The number of nitrogens with one attached hydrogen (secondary N) is 2. The average Bonchev–Trinajstić information content (AvgIpc) is 3.18. The zero-order chi connectivity index (χ0) is 14.7. The van der Waals surface area contributed by atoms with Crippen molar-refractivity contribution in [3.05, 3.63) is 12.4 Å². The van der Waals surface area contributed by atoms with Crippen molar-refractivity contribution in [3.8, 4) is 0 Å². The van der Waals surface area contributed by atoms with Gasteiger partial charge in [0.1, 0.15) is 6.54 Å². The van der Waals surface area contributed by atoms with Crippen molar-refractivity contribution < 1.29 is 9.53 Å². The summed E-state index contributed by atoms with van der Waals surface area (Å²) in [4.78, 5) is 11.7. The molecule has 0 bridgehead atoms. The lowest BCUT2D eigenvalue weighted by molar-refractivity contribution is -0.122. The van der Waals surface area contributed by atoms with E-state index in [9.17, 15) is 4.79 Å². The maximum atomic E-state index is 11.7. The number of aromatic nitrogens is 2. The van der Waals surface area contributed by atoms with Gasteiger partial charge in [0.15, 0.2) is 0 Å². The Morgan fingerprint density at radius 2 is 2.29 bits per heavy atom. The van der Waals surface area contributed by atoms with Crippen LogP contribution in [0.1, 0.15) is 39.0 Å². The molecule has 1 aromatic rings. The third-order valence-corrected chi connectivity index (χ3v) is 4.07. The molecule has 1 aliphatic carbocycles. The molecule has 1 aliphatic heterocycles. The van der Waals surface area contributed by atoms with E-state index in [2.05, 4.69) is 22.7 Å². The number of hydrogen-bond donors (Lipinski definition) is 2. The fraction of sp³-hybridized carbons (Fsp3) is 0.733. The fourth-order valence-electron chi connectivity index (χ4n) is 2.70. The monoisotopic (exact) mass is 292 g/mol. The van der Waals surface area contributed by atoms with E-state index in [0.717, 1.165) is 44.4 Å². The summed E-state index contributed by atoms with van der Waals surface area (Å²) in [5.41, 5.74) is 0.982. The maximum absolute atomic E-state index is 11.7. The van der Waals surface area contributed by atoms with E-state index in [1.54, 1.807) is 10.9 Å². The van der Waals surface area contributed by atoms with Gasteiger partial charge in [-0.05, 0) is 32.1 Å². The largest absolute Gasteiger partial charge is 0.380 e. The minimum Gasteiger partial charge on any atom is -0.380 e. The Bertz CT molecular complexity index is 484. The van der Waals surface area contributed by atoms with Crippen LogP contribution in [0.2, 0.25) is 0 Å². The van der Waals surface area contributed by atoms with Gasteiger partial charge in [-0.3, -0.25) is 9.48 Å². The Kier molecular flexibility index (Phi) is 4.43. The highest BCUT2D eigenvalue weighted by Crippen LogP contribution is 2.20. The molecule has 2 atom stereocenters. The number of hydrogen-bond acceptors (Lipinski definition) is 4. The molecular formula is C15H24N4O2. The van der Waals surface area contributed by atoms with Crippen molar-refractivity contribution in [2.75, 3.05) is 11.9 Å². The number of nitrogens with zero attached hydrogens (tertiary/aromatic N) is 2. The minimum absolute atomic E-state index is 0.0456. The van der Waals surface area contributed by atoms with Gasteiger partial charge in [0.2, 0.25) is 5.91 Å². The van der Waals surface area contributed by atoms with E-state index >= 15 is 0 Å². The second-order valence-corrected chi connectivity index (χ2v) is 6.04. The Morgan fingerprint density at radius 1 is 1.43 bits per heavy atom. The zero-order valence-electron chi connectivity index (χ0n) is 12.5. The van der Waals surface area contributed by atoms with Crippen molar-refractivity contribution in [2.24, 2.45) is 0 Å². The third kappa shape index (κ3) is 4.20. The lowest BCUT2D eigenvalue weighted by Gasteiger charge is -2.29. The molecule has 0 spiro atoms. The summed E-state index contributed by atoms with van der Waals surface area (Å²) < 4.78 is 7.37. The van der Waals surface area contributed by atoms with E-state index in [1.807, 2.05) is 6.20 Å². The summed E-state index contributed by atoms with van der Waals surface area (Å²) in [5, 5.41) is 10.7. The average molecular weight is 292 g/mol. The van der Waals surface area contributed by atoms with Crippen LogP contribution in [0.3, 0.4) is 0 Å². The zero-order valence-corrected chi connectivity index (χ0v) is 12.5. The molecule has 6 heteroatoms. The predicted molar refractivity (Wildman–Crippen MR) is 80.1 cm³/mol. The Balaban J connectivity index is 1.48. The van der Waals surface area contributed by atoms with Crippen molar-refractivity contribution in [1.82, 2.24) is 15.1 Å². The Morgan fingerprint density at radius 3 is 3.05 bits per heavy atom. The lowest BCUT2D eigenvalue weighted by atomic mass is 10.0. The van der Waals surface area contributed by atoms with Gasteiger partial charge >= 0.3 is 0 Å². The SMILES string of the molecule is CCC1CC(Nc2cnn(CC(=O)NC3CC3)c2)CCO1. The fourth-order valence-corrected chi connectivity index (χ4v) is 2.70. The highest BCUT2D eigenvalue weighted by Gasteiger charge is 2.24. The van der Waals surface area contributed by atoms with E-state index < -0.39 is 0 Å². The van der Waals surface area contributed by atoms with Crippen molar-refractivity contribution in [3.63, 3.8) is 0 Å². The van der Waals surface area contributed by atoms with Crippen molar-refractivity contribution >= 4 is 11.6 Å².